The second-order valence-corrected chi connectivity index (χ2v) is 6.33. The first-order valence-corrected chi connectivity index (χ1v) is 9.08. The number of aromatic nitrogens is 2. The summed E-state index contributed by atoms with van der Waals surface area (Å²) in [6, 6.07) is 21.1. The average molecular weight is 403 g/mol. The van der Waals surface area contributed by atoms with Crippen LogP contribution >= 0.6 is 0 Å². The third kappa shape index (κ3) is 4.12. The number of nitro groups is 1. The van der Waals surface area contributed by atoms with E-state index in [-0.39, 0.29) is 12.3 Å². The zero-order valence-corrected chi connectivity index (χ0v) is 16.0. The minimum Gasteiger partial charge on any atom is -0.497 e. The van der Waals surface area contributed by atoms with Crippen molar-refractivity contribution in [3.05, 3.63) is 88.8 Å². The lowest BCUT2D eigenvalue weighted by Gasteiger charge is -2.11. The van der Waals surface area contributed by atoms with E-state index in [1.807, 2.05) is 42.5 Å². The normalized spacial score (nSPS) is 10.6. The van der Waals surface area contributed by atoms with Gasteiger partial charge in [-0.25, -0.2) is 0 Å². The molecule has 150 valence electrons. The van der Waals surface area contributed by atoms with Gasteiger partial charge in [0, 0.05) is 23.3 Å². The smallest absolute Gasteiger partial charge is 0.270 e. The van der Waals surface area contributed by atoms with Gasteiger partial charge in [-0.05, 0) is 23.8 Å². The maximum Gasteiger partial charge on any atom is 0.270 e. The zero-order chi connectivity index (χ0) is 20.9. The molecule has 0 aliphatic carbocycles. The molecule has 0 aliphatic heterocycles. The van der Waals surface area contributed by atoms with Gasteiger partial charge < -0.3 is 14.0 Å². The molecule has 0 saturated carbocycles. The highest BCUT2D eigenvalue weighted by atomic mass is 16.6. The summed E-state index contributed by atoms with van der Waals surface area (Å²) in [5.74, 6) is 1.91. The number of methoxy groups -OCH3 is 1. The average Bonchev–Trinajstić information content (AvgIpc) is 3.27. The molecule has 1 aromatic heterocycles. The first-order chi connectivity index (χ1) is 14.6. The van der Waals surface area contributed by atoms with E-state index < -0.39 is 4.92 Å². The molecule has 0 spiro atoms. The molecule has 30 heavy (non-hydrogen) atoms. The lowest BCUT2D eigenvalue weighted by molar-refractivity contribution is -0.384. The van der Waals surface area contributed by atoms with Crippen molar-refractivity contribution in [3.63, 3.8) is 0 Å². The van der Waals surface area contributed by atoms with Gasteiger partial charge in [0.15, 0.2) is 6.61 Å². The van der Waals surface area contributed by atoms with Crippen molar-refractivity contribution in [2.45, 2.75) is 6.61 Å². The highest BCUT2D eigenvalue weighted by Crippen LogP contribution is 2.34. The minimum atomic E-state index is -0.444. The Morgan fingerprint density at radius 2 is 1.77 bits per heavy atom. The van der Waals surface area contributed by atoms with E-state index in [4.69, 9.17) is 14.0 Å². The number of nitrogens with zero attached hydrogens (tertiary/aromatic N) is 3. The van der Waals surface area contributed by atoms with Gasteiger partial charge in [0.2, 0.25) is 5.82 Å². The highest BCUT2D eigenvalue weighted by Gasteiger charge is 2.15. The van der Waals surface area contributed by atoms with Crippen LogP contribution in [0.25, 0.3) is 22.5 Å². The van der Waals surface area contributed by atoms with Crippen LogP contribution in [-0.4, -0.2) is 22.2 Å². The Morgan fingerprint density at radius 3 is 2.47 bits per heavy atom. The predicted molar refractivity (Wildman–Crippen MR) is 109 cm³/mol. The number of nitro benzene ring substituents is 1. The Bertz CT molecular complexity index is 1160. The Labute approximate surface area is 171 Å². The van der Waals surface area contributed by atoms with Crippen molar-refractivity contribution in [1.29, 1.82) is 0 Å². The first-order valence-electron chi connectivity index (χ1n) is 9.08. The van der Waals surface area contributed by atoms with E-state index in [0.717, 1.165) is 11.1 Å². The number of hydrogen-bond donors (Lipinski definition) is 0. The molecule has 8 nitrogen and oxygen atoms in total. The van der Waals surface area contributed by atoms with Crippen LogP contribution in [0.3, 0.4) is 0 Å². The molecular formula is C22H17N3O5. The van der Waals surface area contributed by atoms with Gasteiger partial charge in [-0.3, -0.25) is 10.1 Å². The second kappa shape index (κ2) is 8.44. The molecule has 0 unspecified atom stereocenters. The molecule has 0 aliphatic rings. The molecule has 0 radical (unpaired) electrons. The Morgan fingerprint density at radius 1 is 1.00 bits per heavy atom. The van der Waals surface area contributed by atoms with Crippen LogP contribution < -0.4 is 9.47 Å². The fraction of sp³-hybridized carbons (Fsp3) is 0.0909. The van der Waals surface area contributed by atoms with Gasteiger partial charge in [0.25, 0.3) is 11.6 Å². The maximum absolute atomic E-state index is 11.2. The first kappa shape index (κ1) is 19.1. The van der Waals surface area contributed by atoms with E-state index in [2.05, 4.69) is 10.1 Å². The Balaban J connectivity index is 1.59. The van der Waals surface area contributed by atoms with Gasteiger partial charge in [0.05, 0.1) is 12.0 Å². The van der Waals surface area contributed by atoms with Crippen molar-refractivity contribution < 1.29 is 18.9 Å². The topological polar surface area (TPSA) is 101 Å². The van der Waals surface area contributed by atoms with Crippen LogP contribution in [-0.2, 0) is 6.61 Å². The summed E-state index contributed by atoms with van der Waals surface area (Å²) in [4.78, 5) is 15.1. The molecule has 1 heterocycles. The van der Waals surface area contributed by atoms with E-state index in [1.165, 1.54) is 12.1 Å². The van der Waals surface area contributed by atoms with E-state index in [9.17, 15) is 10.1 Å². The van der Waals surface area contributed by atoms with E-state index in [1.54, 1.807) is 25.3 Å². The summed E-state index contributed by atoms with van der Waals surface area (Å²) >= 11 is 0. The minimum absolute atomic E-state index is 0.0286. The summed E-state index contributed by atoms with van der Waals surface area (Å²) in [6.45, 7) is 0.0286. The Hall–Kier alpha value is -4.20. The zero-order valence-electron chi connectivity index (χ0n) is 16.0. The predicted octanol–water partition coefficient (Wildman–Crippen LogP) is 4.90. The summed E-state index contributed by atoms with van der Waals surface area (Å²) in [6.07, 6.45) is 0. The number of benzene rings is 3. The summed E-state index contributed by atoms with van der Waals surface area (Å²) in [7, 11) is 1.57. The lowest BCUT2D eigenvalue weighted by atomic mass is 10.0. The Kier molecular flexibility index (Phi) is 5.38. The summed E-state index contributed by atoms with van der Waals surface area (Å²) in [5, 5.41) is 15.2. The monoisotopic (exact) mass is 403 g/mol. The summed E-state index contributed by atoms with van der Waals surface area (Å²) < 4.78 is 16.3. The SMILES string of the molecule is COc1ccc(-c2cc([N+](=O)[O-])ccc2OCc2nc(-c3ccccc3)no2)cc1. The lowest BCUT2D eigenvalue weighted by Crippen LogP contribution is -1.99. The second-order valence-electron chi connectivity index (χ2n) is 6.33. The fourth-order valence-corrected chi connectivity index (χ4v) is 2.91. The number of non-ortho nitro benzene ring substituents is 1. The standard InChI is InChI=1S/C22H17N3O5/c1-28-18-10-7-15(8-11-18)19-13-17(25(26)27)9-12-20(19)29-14-21-23-22(24-30-21)16-5-3-2-4-6-16/h2-13H,14H2,1H3. The molecule has 3 aromatic carbocycles. The van der Waals surface area contributed by atoms with Crippen molar-refractivity contribution >= 4 is 5.69 Å². The molecule has 0 amide bonds. The van der Waals surface area contributed by atoms with Crippen molar-refractivity contribution in [2.75, 3.05) is 7.11 Å². The third-order valence-corrected chi connectivity index (χ3v) is 4.43. The van der Waals surface area contributed by atoms with Gasteiger partial charge in [-0.1, -0.05) is 47.6 Å². The fourth-order valence-electron chi connectivity index (χ4n) is 2.91. The maximum atomic E-state index is 11.2. The van der Waals surface area contributed by atoms with Crippen molar-refractivity contribution in [2.24, 2.45) is 0 Å². The third-order valence-electron chi connectivity index (χ3n) is 4.43. The van der Waals surface area contributed by atoms with Gasteiger partial charge in [-0.15, -0.1) is 0 Å². The molecule has 0 atom stereocenters. The van der Waals surface area contributed by atoms with Crippen LogP contribution in [0.4, 0.5) is 5.69 Å². The summed E-state index contributed by atoms with van der Waals surface area (Å²) in [5.41, 5.74) is 2.14. The molecular weight excluding hydrogens is 386 g/mol. The van der Waals surface area contributed by atoms with Crippen LogP contribution in [0.5, 0.6) is 11.5 Å². The van der Waals surface area contributed by atoms with Crippen molar-refractivity contribution in [3.8, 4) is 34.0 Å². The highest BCUT2D eigenvalue weighted by molar-refractivity contribution is 5.73. The molecule has 4 aromatic rings. The van der Waals surface area contributed by atoms with Crippen molar-refractivity contribution in [1.82, 2.24) is 10.1 Å². The van der Waals surface area contributed by atoms with Crippen LogP contribution in [0.1, 0.15) is 5.89 Å². The number of hydrogen-bond acceptors (Lipinski definition) is 7. The number of rotatable bonds is 7. The van der Waals surface area contributed by atoms with Gasteiger partial charge in [-0.2, -0.15) is 4.98 Å². The largest absolute Gasteiger partial charge is 0.497 e. The van der Waals surface area contributed by atoms with Crippen LogP contribution in [0.2, 0.25) is 0 Å². The van der Waals surface area contributed by atoms with Gasteiger partial charge in [0.1, 0.15) is 11.5 Å². The number of ether oxygens (including phenoxy) is 2. The molecule has 0 bridgehead atoms. The van der Waals surface area contributed by atoms with Gasteiger partial charge >= 0.3 is 0 Å². The van der Waals surface area contributed by atoms with E-state index in [0.29, 0.717) is 28.8 Å². The quantitative estimate of drug-likeness (QED) is 0.319. The molecule has 4 rings (SSSR count). The molecule has 0 N–H and O–H groups in total. The molecule has 0 fully saturated rings. The van der Waals surface area contributed by atoms with Crippen LogP contribution in [0, 0.1) is 10.1 Å². The molecule has 0 saturated heterocycles. The van der Waals surface area contributed by atoms with Crippen LogP contribution in [0.15, 0.2) is 77.3 Å². The van der Waals surface area contributed by atoms with E-state index >= 15 is 0 Å². The molecule has 8 heteroatoms.